The van der Waals surface area contributed by atoms with Gasteiger partial charge in [0.15, 0.2) is 0 Å². The Morgan fingerprint density at radius 3 is 2.32 bits per heavy atom. The van der Waals surface area contributed by atoms with Crippen LogP contribution in [0.2, 0.25) is 5.02 Å². The molecule has 0 bridgehead atoms. The topological polar surface area (TPSA) is 42.0 Å². The SMILES string of the molecule is CC(=O)Nc1ccc(-c2csc(-c3ccc(Cl)cc3)n2)cc1. The van der Waals surface area contributed by atoms with Crippen LogP contribution in [0, 0.1) is 0 Å². The number of rotatable bonds is 3. The van der Waals surface area contributed by atoms with Crippen molar-refractivity contribution < 1.29 is 4.79 Å². The van der Waals surface area contributed by atoms with E-state index in [2.05, 4.69) is 10.3 Å². The van der Waals surface area contributed by atoms with Crippen LogP contribution < -0.4 is 5.32 Å². The molecule has 3 rings (SSSR count). The molecule has 0 atom stereocenters. The van der Waals surface area contributed by atoms with E-state index < -0.39 is 0 Å². The van der Waals surface area contributed by atoms with Crippen LogP contribution in [0.4, 0.5) is 5.69 Å². The van der Waals surface area contributed by atoms with Gasteiger partial charge in [0.1, 0.15) is 5.01 Å². The minimum atomic E-state index is -0.0774. The van der Waals surface area contributed by atoms with E-state index in [9.17, 15) is 4.79 Å². The summed E-state index contributed by atoms with van der Waals surface area (Å²) in [6.07, 6.45) is 0. The molecule has 3 aromatic rings. The molecule has 0 fully saturated rings. The lowest BCUT2D eigenvalue weighted by atomic mass is 10.1. The van der Waals surface area contributed by atoms with Crippen LogP contribution >= 0.6 is 22.9 Å². The van der Waals surface area contributed by atoms with E-state index in [4.69, 9.17) is 11.6 Å². The maximum Gasteiger partial charge on any atom is 0.221 e. The highest BCUT2D eigenvalue weighted by molar-refractivity contribution is 7.13. The number of amides is 1. The summed E-state index contributed by atoms with van der Waals surface area (Å²) in [5, 5.41) is 6.45. The zero-order valence-corrected chi connectivity index (χ0v) is 13.4. The first-order valence-corrected chi connectivity index (χ1v) is 7.97. The second-order valence-corrected chi connectivity index (χ2v) is 6.10. The summed E-state index contributed by atoms with van der Waals surface area (Å²) < 4.78 is 0. The van der Waals surface area contributed by atoms with Crippen molar-refractivity contribution in [2.75, 3.05) is 5.32 Å². The van der Waals surface area contributed by atoms with Crippen LogP contribution in [-0.4, -0.2) is 10.9 Å². The monoisotopic (exact) mass is 328 g/mol. The van der Waals surface area contributed by atoms with Gasteiger partial charge in [-0.3, -0.25) is 4.79 Å². The first kappa shape index (κ1) is 14.8. The molecule has 0 radical (unpaired) electrons. The van der Waals surface area contributed by atoms with E-state index in [-0.39, 0.29) is 5.91 Å². The molecule has 110 valence electrons. The van der Waals surface area contributed by atoms with Gasteiger partial charge >= 0.3 is 0 Å². The van der Waals surface area contributed by atoms with Gasteiger partial charge in [-0.2, -0.15) is 0 Å². The molecule has 3 nitrogen and oxygen atoms in total. The second kappa shape index (κ2) is 6.30. The Labute approximate surface area is 137 Å². The van der Waals surface area contributed by atoms with E-state index in [1.54, 1.807) is 11.3 Å². The highest BCUT2D eigenvalue weighted by Gasteiger charge is 2.07. The van der Waals surface area contributed by atoms with Crippen molar-refractivity contribution in [3.05, 3.63) is 58.9 Å². The first-order valence-electron chi connectivity index (χ1n) is 6.71. The predicted octanol–water partition coefficient (Wildman–Crippen LogP) is 5.09. The second-order valence-electron chi connectivity index (χ2n) is 4.80. The number of nitrogens with one attached hydrogen (secondary N) is 1. The van der Waals surface area contributed by atoms with Crippen LogP contribution in [-0.2, 0) is 4.79 Å². The average Bonchev–Trinajstić information content (AvgIpc) is 2.98. The zero-order chi connectivity index (χ0) is 15.5. The summed E-state index contributed by atoms with van der Waals surface area (Å²) >= 11 is 7.50. The molecule has 0 unspecified atom stereocenters. The van der Waals surface area contributed by atoms with Crippen molar-refractivity contribution in [3.63, 3.8) is 0 Å². The minimum Gasteiger partial charge on any atom is -0.326 e. The smallest absolute Gasteiger partial charge is 0.221 e. The molecule has 0 aliphatic carbocycles. The number of nitrogens with zero attached hydrogens (tertiary/aromatic N) is 1. The largest absolute Gasteiger partial charge is 0.326 e. The van der Waals surface area contributed by atoms with Gasteiger partial charge in [0.05, 0.1) is 5.69 Å². The van der Waals surface area contributed by atoms with Crippen molar-refractivity contribution in [2.24, 2.45) is 0 Å². The Morgan fingerprint density at radius 2 is 1.68 bits per heavy atom. The maximum absolute atomic E-state index is 11.0. The number of thiazole rings is 1. The van der Waals surface area contributed by atoms with Gasteiger partial charge in [0.2, 0.25) is 5.91 Å². The van der Waals surface area contributed by atoms with Gasteiger partial charge in [-0.25, -0.2) is 4.98 Å². The van der Waals surface area contributed by atoms with Crippen LogP contribution in [0.25, 0.3) is 21.8 Å². The van der Waals surface area contributed by atoms with Crippen molar-refractivity contribution in [3.8, 4) is 21.8 Å². The molecular formula is C17H13ClN2OS. The number of carbonyl (C=O) groups excluding carboxylic acids is 1. The van der Waals surface area contributed by atoms with Crippen molar-refractivity contribution in [1.82, 2.24) is 4.98 Å². The number of halogens is 1. The van der Waals surface area contributed by atoms with Crippen LogP contribution in [0.1, 0.15) is 6.92 Å². The molecule has 0 spiro atoms. The number of hydrogen-bond donors (Lipinski definition) is 1. The summed E-state index contributed by atoms with van der Waals surface area (Å²) in [4.78, 5) is 15.7. The van der Waals surface area contributed by atoms with Gasteiger partial charge in [-0.1, -0.05) is 35.9 Å². The molecule has 0 aliphatic rings. The van der Waals surface area contributed by atoms with Crippen molar-refractivity contribution in [1.29, 1.82) is 0 Å². The molecule has 1 N–H and O–H groups in total. The first-order chi connectivity index (χ1) is 10.6. The molecule has 0 saturated carbocycles. The number of benzene rings is 2. The number of hydrogen-bond acceptors (Lipinski definition) is 3. The lowest BCUT2D eigenvalue weighted by Crippen LogP contribution is -2.05. The lowest BCUT2D eigenvalue weighted by Gasteiger charge is -2.02. The molecule has 1 aromatic heterocycles. The van der Waals surface area contributed by atoms with Crippen molar-refractivity contribution >= 4 is 34.5 Å². The van der Waals surface area contributed by atoms with Crippen LogP contribution in [0.5, 0.6) is 0 Å². The summed E-state index contributed by atoms with van der Waals surface area (Å²) in [5.41, 5.74) is 3.77. The Morgan fingerprint density at radius 1 is 1.05 bits per heavy atom. The van der Waals surface area contributed by atoms with E-state index >= 15 is 0 Å². The predicted molar refractivity (Wildman–Crippen MR) is 92.3 cm³/mol. The van der Waals surface area contributed by atoms with Gasteiger partial charge in [0, 0.05) is 34.1 Å². The van der Waals surface area contributed by atoms with E-state index in [1.165, 1.54) is 6.92 Å². The molecule has 1 heterocycles. The quantitative estimate of drug-likeness (QED) is 0.727. The summed E-state index contributed by atoms with van der Waals surface area (Å²) in [6, 6.07) is 15.3. The lowest BCUT2D eigenvalue weighted by molar-refractivity contribution is -0.114. The fourth-order valence-electron chi connectivity index (χ4n) is 2.06. The van der Waals surface area contributed by atoms with Gasteiger partial charge in [0.25, 0.3) is 0 Å². The maximum atomic E-state index is 11.0. The van der Waals surface area contributed by atoms with E-state index in [0.717, 1.165) is 27.5 Å². The standard InChI is InChI=1S/C17H13ClN2OS/c1-11(21)19-15-8-4-12(5-9-15)16-10-22-17(20-16)13-2-6-14(18)7-3-13/h2-10H,1H3,(H,19,21). The third kappa shape index (κ3) is 3.35. The molecule has 0 aliphatic heterocycles. The highest BCUT2D eigenvalue weighted by atomic mass is 35.5. The molecule has 5 heteroatoms. The summed E-state index contributed by atoms with van der Waals surface area (Å²) in [7, 11) is 0. The Kier molecular flexibility index (Phi) is 4.22. The fourth-order valence-corrected chi connectivity index (χ4v) is 3.02. The molecule has 22 heavy (non-hydrogen) atoms. The zero-order valence-electron chi connectivity index (χ0n) is 11.8. The molecule has 0 saturated heterocycles. The number of anilines is 1. The third-order valence-corrected chi connectivity index (χ3v) is 4.24. The fraction of sp³-hybridized carbons (Fsp3) is 0.0588. The average molecular weight is 329 g/mol. The van der Waals surface area contributed by atoms with Crippen molar-refractivity contribution in [2.45, 2.75) is 6.92 Å². The minimum absolute atomic E-state index is 0.0774. The molecular weight excluding hydrogens is 316 g/mol. The molecule has 1 amide bonds. The number of carbonyl (C=O) groups is 1. The summed E-state index contributed by atoms with van der Waals surface area (Å²) in [5.74, 6) is -0.0774. The third-order valence-electron chi connectivity index (χ3n) is 3.10. The molecule has 2 aromatic carbocycles. The van der Waals surface area contributed by atoms with Gasteiger partial charge in [-0.05, 0) is 24.3 Å². The number of aromatic nitrogens is 1. The van der Waals surface area contributed by atoms with E-state index in [1.807, 2.05) is 53.9 Å². The Hall–Kier alpha value is -2.17. The highest BCUT2D eigenvalue weighted by Crippen LogP contribution is 2.30. The van der Waals surface area contributed by atoms with Crippen LogP contribution in [0.3, 0.4) is 0 Å². The Balaban J connectivity index is 1.84. The Bertz CT molecular complexity index is 794. The normalized spacial score (nSPS) is 10.5. The van der Waals surface area contributed by atoms with Gasteiger partial charge in [-0.15, -0.1) is 11.3 Å². The summed E-state index contributed by atoms with van der Waals surface area (Å²) in [6.45, 7) is 1.49. The van der Waals surface area contributed by atoms with E-state index in [0.29, 0.717) is 5.02 Å². The van der Waals surface area contributed by atoms with Gasteiger partial charge < -0.3 is 5.32 Å². The van der Waals surface area contributed by atoms with Crippen LogP contribution in [0.15, 0.2) is 53.9 Å².